The van der Waals surface area contributed by atoms with Crippen molar-refractivity contribution >= 4 is 17.4 Å². The van der Waals surface area contributed by atoms with Crippen LogP contribution in [0.2, 0.25) is 5.28 Å². The molecule has 0 bridgehead atoms. The first-order chi connectivity index (χ1) is 9.27. The molecule has 1 aliphatic heterocycles. The Balaban J connectivity index is 2.30. The molecule has 1 aromatic heterocycles. The minimum Gasteiger partial charge on any atom is -0.352 e. The largest absolute Gasteiger partial charge is 0.433 e. The van der Waals surface area contributed by atoms with E-state index in [0.29, 0.717) is 6.54 Å². The van der Waals surface area contributed by atoms with Gasteiger partial charge >= 0.3 is 6.18 Å². The predicted octanol–water partition coefficient (Wildman–Crippen LogP) is 2.68. The highest BCUT2D eigenvalue weighted by molar-refractivity contribution is 6.28. The quantitative estimate of drug-likeness (QED) is 0.804. The Kier molecular flexibility index (Phi) is 4.39. The van der Waals surface area contributed by atoms with Crippen LogP contribution in [0.4, 0.5) is 19.0 Å². The van der Waals surface area contributed by atoms with E-state index in [0.717, 1.165) is 25.5 Å². The molecule has 1 aliphatic rings. The van der Waals surface area contributed by atoms with E-state index in [1.165, 1.54) is 0 Å². The van der Waals surface area contributed by atoms with Gasteiger partial charge in [0.1, 0.15) is 5.82 Å². The van der Waals surface area contributed by atoms with Crippen molar-refractivity contribution < 1.29 is 13.2 Å². The number of hydrogen-bond donors (Lipinski definition) is 0. The van der Waals surface area contributed by atoms with Gasteiger partial charge in [0.25, 0.3) is 0 Å². The summed E-state index contributed by atoms with van der Waals surface area (Å²) in [5, 5.41) is -0.370. The minimum atomic E-state index is -4.52. The Bertz CT molecular complexity index is 478. The van der Waals surface area contributed by atoms with Crippen LogP contribution in [0.3, 0.4) is 0 Å². The fourth-order valence-corrected chi connectivity index (χ4v) is 2.62. The Morgan fingerprint density at radius 3 is 2.70 bits per heavy atom. The van der Waals surface area contributed by atoms with Gasteiger partial charge in [-0.2, -0.15) is 13.2 Å². The third kappa shape index (κ3) is 3.52. The maximum atomic E-state index is 12.8. The molecule has 112 valence electrons. The number of hydrogen-bond acceptors (Lipinski definition) is 4. The summed E-state index contributed by atoms with van der Waals surface area (Å²) in [6.07, 6.45) is -2.65. The lowest BCUT2D eigenvalue weighted by atomic mass is 10.2. The van der Waals surface area contributed by atoms with E-state index in [1.807, 2.05) is 23.9 Å². The van der Waals surface area contributed by atoms with Gasteiger partial charge in [-0.05, 0) is 38.5 Å². The number of halogens is 4. The van der Waals surface area contributed by atoms with Gasteiger partial charge in [-0.15, -0.1) is 0 Å². The van der Waals surface area contributed by atoms with Crippen LogP contribution in [0.1, 0.15) is 18.5 Å². The summed E-state index contributed by atoms with van der Waals surface area (Å²) in [5.41, 5.74) is -0.997. The van der Waals surface area contributed by atoms with Crippen LogP contribution in [0.15, 0.2) is 6.07 Å². The molecule has 1 atom stereocenters. The lowest BCUT2D eigenvalue weighted by molar-refractivity contribution is -0.141. The van der Waals surface area contributed by atoms with Crippen molar-refractivity contribution in [3.8, 4) is 0 Å². The number of nitrogens with zero attached hydrogens (tertiary/aromatic N) is 4. The molecular weight excluding hydrogens is 293 g/mol. The second-order valence-corrected chi connectivity index (χ2v) is 5.47. The van der Waals surface area contributed by atoms with E-state index >= 15 is 0 Å². The van der Waals surface area contributed by atoms with Gasteiger partial charge in [-0.1, -0.05) is 0 Å². The molecule has 1 fully saturated rings. The van der Waals surface area contributed by atoms with Crippen LogP contribution in [0.25, 0.3) is 0 Å². The molecule has 20 heavy (non-hydrogen) atoms. The fourth-order valence-electron chi connectivity index (χ4n) is 2.45. The van der Waals surface area contributed by atoms with Crippen molar-refractivity contribution in [3.63, 3.8) is 0 Å². The standard InChI is InChI=1S/C12H16ClF3N4/c1-19(2)7-8-4-3-5-20(8)10-6-9(12(14,15)16)17-11(13)18-10/h6,8H,3-5,7H2,1-2H3. The molecule has 0 amide bonds. The van der Waals surface area contributed by atoms with Crippen LogP contribution in [0.5, 0.6) is 0 Å². The maximum Gasteiger partial charge on any atom is 0.433 e. The number of likely N-dealkylation sites (N-methyl/N-ethyl adjacent to an activating group) is 1. The van der Waals surface area contributed by atoms with E-state index < -0.39 is 11.9 Å². The van der Waals surface area contributed by atoms with Crippen LogP contribution >= 0.6 is 11.6 Å². The Hall–Kier alpha value is -1.08. The van der Waals surface area contributed by atoms with Crippen molar-refractivity contribution in [2.45, 2.75) is 25.1 Å². The highest BCUT2D eigenvalue weighted by Crippen LogP contribution is 2.32. The Morgan fingerprint density at radius 1 is 1.40 bits per heavy atom. The number of rotatable bonds is 3. The van der Waals surface area contributed by atoms with E-state index in [1.54, 1.807) is 0 Å². The first-order valence-electron chi connectivity index (χ1n) is 6.30. The van der Waals surface area contributed by atoms with Gasteiger partial charge < -0.3 is 9.80 Å². The molecule has 2 heterocycles. The summed E-state index contributed by atoms with van der Waals surface area (Å²) in [5.74, 6) is 0.252. The van der Waals surface area contributed by atoms with Crippen LogP contribution in [0, 0.1) is 0 Å². The lowest BCUT2D eigenvalue weighted by Crippen LogP contribution is -2.38. The van der Waals surface area contributed by atoms with E-state index in [-0.39, 0.29) is 17.1 Å². The molecule has 0 spiro atoms. The first kappa shape index (κ1) is 15.3. The molecule has 1 saturated heterocycles. The summed E-state index contributed by atoms with van der Waals surface area (Å²) in [4.78, 5) is 11.1. The smallest absolute Gasteiger partial charge is 0.352 e. The van der Waals surface area contributed by atoms with Crippen molar-refractivity contribution in [2.75, 3.05) is 32.1 Å². The second-order valence-electron chi connectivity index (χ2n) is 5.13. The summed E-state index contributed by atoms with van der Waals surface area (Å²) in [7, 11) is 3.87. The van der Waals surface area contributed by atoms with Gasteiger partial charge in [0, 0.05) is 25.2 Å². The molecule has 2 rings (SSSR count). The molecule has 4 nitrogen and oxygen atoms in total. The summed E-state index contributed by atoms with van der Waals surface area (Å²) >= 11 is 5.63. The van der Waals surface area contributed by atoms with Crippen molar-refractivity contribution in [2.24, 2.45) is 0 Å². The van der Waals surface area contributed by atoms with E-state index in [9.17, 15) is 13.2 Å². The molecule has 1 aromatic rings. The molecular formula is C12H16ClF3N4. The topological polar surface area (TPSA) is 32.3 Å². The van der Waals surface area contributed by atoms with Gasteiger partial charge in [0.15, 0.2) is 5.69 Å². The van der Waals surface area contributed by atoms with Crippen LogP contribution in [-0.4, -0.2) is 48.1 Å². The molecule has 0 aromatic carbocycles. The molecule has 8 heteroatoms. The SMILES string of the molecule is CN(C)CC1CCCN1c1cc(C(F)(F)F)nc(Cl)n1. The molecule has 0 aliphatic carbocycles. The number of alkyl halides is 3. The predicted molar refractivity (Wildman–Crippen MR) is 71.0 cm³/mol. The maximum absolute atomic E-state index is 12.8. The molecule has 0 radical (unpaired) electrons. The zero-order chi connectivity index (χ0) is 14.9. The lowest BCUT2D eigenvalue weighted by Gasteiger charge is -2.28. The molecule has 0 N–H and O–H groups in total. The average Bonchev–Trinajstić information content (AvgIpc) is 2.74. The highest BCUT2D eigenvalue weighted by atomic mass is 35.5. The normalized spacial score (nSPS) is 19.9. The van der Waals surface area contributed by atoms with Gasteiger partial charge in [-0.3, -0.25) is 0 Å². The third-order valence-corrected chi connectivity index (χ3v) is 3.39. The fraction of sp³-hybridized carbons (Fsp3) is 0.667. The van der Waals surface area contributed by atoms with Gasteiger partial charge in [0.2, 0.25) is 5.28 Å². The number of anilines is 1. The van der Waals surface area contributed by atoms with Crippen molar-refractivity contribution in [1.82, 2.24) is 14.9 Å². The zero-order valence-electron chi connectivity index (χ0n) is 11.3. The van der Waals surface area contributed by atoms with Crippen molar-refractivity contribution in [1.29, 1.82) is 0 Å². The third-order valence-electron chi connectivity index (χ3n) is 3.22. The summed E-state index contributed by atoms with van der Waals surface area (Å²) in [6.45, 7) is 1.45. The minimum absolute atomic E-state index is 0.150. The van der Waals surface area contributed by atoms with E-state index in [2.05, 4.69) is 9.97 Å². The Morgan fingerprint density at radius 2 is 2.10 bits per heavy atom. The number of aromatic nitrogens is 2. The summed E-state index contributed by atoms with van der Waals surface area (Å²) < 4.78 is 38.3. The first-order valence-corrected chi connectivity index (χ1v) is 6.68. The van der Waals surface area contributed by atoms with Gasteiger partial charge in [-0.25, -0.2) is 9.97 Å². The Labute approximate surface area is 120 Å². The summed E-state index contributed by atoms with van der Waals surface area (Å²) in [6, 6.07) is 1.12. The zero-order valence-corrected chi connectivity index (χ0v) is 12.0. The second kappa shape index (κ2) is 5.73. The van der Waals surface area contributed by atoms with Crippen LogP contribution < -0.4 is 4.90 Å². The van der Waals surface area contributed by atoms with E-state index in [4.69, 9.17) is 11.6 Å². The highest BCUT2D eigenvalue weighted by Gasteiger charge is 2.35. The molecule has 1 unspecified atom stereocenters. The monoisotopic (exact) mass is 308 g/mol. The average molecular weight is 309 g/mol. The van der Waals surface area contributed by atoms with Crippen molar-refractivity contribution in [3.05, 3.63) is 17.0 Å². The van der Waals surface area contributed by atoms with Crippen LogP contribution in [-0.2, 0) is 6.18 Å². The van der Waals surface area contributed by atoms with Gasteiger partial charge in [0.05, 0.1) is 0 Å². The molecule has 0 saturated carbocycles.